The molecule has 244 valence electrons. The number of nitrogens with zero attached hydrogens (tertiary/aromatic N) is 3. The maximum Gasteiger partial charge on any atom is 0.416 e. The Morgan fingerprint density at radius 3 is 2.00 bits per heavy atom. The third-order valence-electron chi connectivity index (χ3n) is 9.84. The van der Waals surface area contributed by atoms with Crippen molar-refractivity contribution in [1.82, 2.24) is 14.7 Å². The molecule has 0 saturated carbocycles. The number of carbonyl (C=O) groups excluding carboxylic acids is 2. The first-order valence-electron chi connectivity index (χ1n) is 15.6. The minimum Gasteiger partial charge on any atom is -0.335 e. The van der Waals surface area contributed by atoms with Gasteiger partial charge in [0, 0.05) is 49.4 Å². The number of carbonyl (C=O) groups is 2. The lowest BCUT2D eigenvalue weighted by atomic mass is 9.90. The number of likely N-dealkylation sites (tertiary alicyclic amines) is 3. The van der Waals surface area contributed by atoms with Crippen LogP contribution in [-0.2, 0) is 18.8 Å². The molecule has 3 fully saturated rings. The zero-order valence-electron chi connectivity index (χ0n) is 25.2. The van der Waals surface area contributed by atoms with Gasteiger partial charge in [0.1, 0.15) is 0 Å². The van der Waals surface area contributed by atoms with Gasteiger partial charge in [0.25, 0.3) is 11.8 Å². The molecule has 0 N–H and O–H groups in total. The predicted octanol–water partition coefficient (Wildman–Crippen LogP) is 7.32. The fourth-order valence-corrected chi connectivity index (χ4v) is 7.57. The summed E-state index contributed by atoms with van der Waals surface area (Å²) in [5.74, 6) is -0.828. The molecule has 0 radical (unpaired) electrons. The highest BCUT2D eigenvalue weighted by molar-refractivity contribution is 5.95. The van der Waals surface area contributed by atoms with Crippen LogP contribution in [0.4, 0.5) is 26.3 Å². The second-order valence-corrected chi connectivity index (χ2v) is 12.7. The standard InChI is InChI=1S/C35H35F6N3O2/c36-34(37,38)27-19-26(20-28(21-27)35(39,40)41)31(45)43-16-12-29(22-30(43)18-24-8-3-1-4-9-24)42-17-14-33(23-42)13-7-15-44(33)32(46)25-10-5-2-6-11-25/h1-6,8-11,19-21,29-30H,7,12-18,22-23H2. The quantitative estimate of drug-likeness (QED) is 0.274. The molecule has 3 aromatic rings. The predicted molar refractivity (Wildman–Crippen MR) is 160 cm³/mol. The van der Waals surface area contributed by atoms with E-state index >= 15 is 0 Å². The number of rotatable bonds is 5. The Bertz CT molecular complexity index is 1530. The Kier molecular flexibility index (Phi) is 8.65. The van der Waals surface area contributed by atoms with Gasteiger partial charge in [-0.2, -0.15) is 26.3 Å². The zero-order chi connectivity index (χ0) is 32.7. The van der Waals surface area contributed by atoms with Gasteiger partial charge in [-0.1, -0.05) is 48.5 Å². The van der Waals surface area contributed by atoms with Crippen LogP contribution in [0.5, 0.6) is 0 Å². The largest absolute Gasteiger partial charge is 0.416 e. The molecule has 3 aliphatic rings. The molecule has 3 aliphatic heterocycles. The van der Waals surface area contributed by atoms with Crippen LogP contribution in [-0.4, -0.2) is 70.3 Å². The summed E-state index contributed by atoms with van der Waals surface area (Å²) in [4.78, 5) is 33.1. The Morgan fingerprint density at radius 2 is 1.37 bits per heavy atom. The number of hydrogen-bond acceptors (Lipinski definition) is 3. The highest BCUT2D eigenvalue weighted by atomic mass is 19.4. The number of halogens is 6. The van der Waals surface area contributed by atoms with Gasteiger partial charge in [0.15, 0.2) is 0 Å². The molecule has 3 unspecified atom stereocenters. The minimum atomic E-state index is -5.05. The molecule has 0 aromatic heterocycles. The van der Waals surface area contributed by atoms with E-state index in [4.69, 9.17) is 0 Å². The van der Waals surface area contributed by atoms with Gasteiger partial charge >= 0.3 is 12.4 Å². The van der Waals surface area contributed by atoms with E-state index in [-0.39, 0.29) is 30.1 Å². The Balaban J connectivity index is 1.24. The molecule has 2 amide bonds. The Hall–Kier alpha value is -3.86. The number of piperidine rings is 1. The number of hydrogen-bond donors (Lipinski definition) is 0. The molecule has 3 atom stereocenters. The van der Waals surface area contributed by atoms with E-state index in [1.54, 1.807) is 0 Å². The average molecular weight is 644 g/mol. The van der Waals surface area contributed by atoms with Crippen LogP contribution in [0.25, 0.3) is 0 Å². The third-order valence-corrected chi connectivity index (χ3v) is 9.84. The summed E-state index contributed by atoms with van der Waals surface area (Å²) in [6, 6.07) is 19.3. The topological polar surface area (TPSA) is 43.9 Å². The van der Waals surface area contributed by atoms with Gasteiger partial charge < -0.3 is 9.80 Å². The van der Waals surface area contributed by atoms with Gasteiger partial charge in [-0.3, -0.25) is 14.5 Å². The van der Waals surface area contributed by atoms with E-state index in [0.29, 0.717) is 50.0 Å². The molecule has 0 bridgehead atoms. The SMILES string of the molecule is O=C(c1cc(C(F)(F)F)cc(C(F)(F)F)c1)N1CCC(N2CCC3(CCCN3C(=O)c3ccccc3)C2)CC1Cc1ccccc1. The van der Waals surface area contributed by atoms with Gasteiger partial charge in [-0.05, 0) is 74.4 Å². The first kappa shape index (κ1) is 32.1. The van der Waals surface area contributed by atoms with Crippen molar-refractivity contribution in [3.63, 3.8) is 0 Å². The van der Waals surface area contributed by atoms with Crippen molar-refractivity contribution in [3.8, 4) is 0 Å². The lowest BCUT2D eigenvalue weighted by Gasteiger charge is -2.44. The molecule has 6 rings (SSSR count). The zero-order valence-corrected chi connectivity index (χ0v) is 25.2. The van der Waals surface area contributed by atoms with E-state index in [1.807, 2.05) is 65.6 Å². The van der Waals surface area contributed by atoms with Crippen LogP contribution in [0.2, 0.25) is 0 Å². The lowest BCUT2D eigenvalue weighted by molar-refractivity contribution is -0.143. The van der Waals surface area contributed by atoms with Crippen molar-refractivity contribution in [2.24, 2.45) is 0 Å². The number of amides is 2. The fraction of sp³-hybridized carbons (Fsp3) is 0.429. The normalized spacial score (nSPS) is 24.1. The molecule has 0 aliphatic carbocycles. The van der Waals surface area contributed by atoms with Crippen LogP contribution >= 0.6 is 0 Å². The molecule has 3 saturated heterocycles. The van der Waals surface area contributed by atoms with Crippen molar-refractivity contribution in [2.45, 2.75) is 68.5 Å². The van der Waals surface area contributed by atoms with Crippen LogP contribution in [0.15, 0.2) is 78.9 Å². The highest BCUT2D eigenvalue weighted by Crippen LogP contribution is 2.42. The summed E-state index contributed by atoms with van der Waals surface area (Å²) in [5, 5.41) is 0. The third kappa shape index (κ3) is 6.52. The number of benzene rings is 3. The van der Waals surface area contributed by atoms with Gasteiger partial charge in [-0.15, -0.1) is 0 Å². The number of alkyl halides is 6. The van der Waals surface area contributed by atoms with Crippen LogP contribution in [0, 0.1) is 0 Å². The van der Waals surface area contributed by atoms with E-state index in [9.17, 15) is 35.9 Å². The maximum absolute atomic E-state index is 13.8. The summed E-state index contributed by atoms with van der Waals surface area (Å²) >= 11 is 0. The summed E-state index contributed by atoms with van der Waals surface area (Å²) < 4.78 is 81.6. The van der Waals surface area contributed by atoms with Gasteiger partial charge in [0.2, 0.25) is 0 Å². The van der Waals surface area contributed by atoms with Gasteiger partial charge in [-0.25, -0.2) is 0 Å². The highest BCUT2D eigenvalue weighted by Gasteiger charge is 2.50. The van der Waals surface area contributed by atoms with Crippen LogP contribution in [0.3, 0.4) is 0 Å². The smallest absolute Gasteiger partial charge is 0.335 e. The summed E-state index contributed by atoms with van der Waals surface area (Å²) in [7, 11) is 0. The molecule has 3 heterocycles. The summed E-state index contributed by atoms with van der Waals surface area (Å²) in [6.07, 6.45) is -6.04. The lowest BCUT2D eigenvalue weighted by Crippen LogP contribution is -2.54. The molecular formula is C35H35F6N3O2. The minimum absolute atomic E-state index is 0.0154. The molecule has 5 nitrogen and oxygen atoms in total. The van der Waals surface area contributed by atoms with Crippen molar-refractivity contribution >= 4 is 11.8 Å². The maximum atomic E-state index is 13.8. The van der Waals surface area contributed by atoms with Crippen molar-refractivity contribution < 1.29 is 35.9 Å². The fourth-order valence-electron chi connectivity index (χ4n) is 7.57. The Morgan fingerprint density at radius 1 is 0.739 bits per heavy atom. The molecule has 3 aromatic carbocycles. The molecule has 11 heteroatoms. The van der Waals surface area contributed by atoms with Crippen LogP contribution < -0.4 is 0 Å². The van der Waals surface area contributed by atoms with Crippen molar-refractivity contribution in [2.75, 3.05) is 26.2 Å². The summed E-state index contributed by atoms with van der Waals surface area (Å²) in [6.45, 7) is 2.32. The van der Waals surface area contributed by atoms with E-state index in [0.717, 1.165) is 31.4 Å². The molecular weight excluding hydrogens is 608 g/mol. The van der Waals surface area contributed by atoms with Crippen molar-refractivity contribution in [3.05, 3.63) is 107 Å². The first-order valence-corrected chi connectivity index (χ1v) is 15.6. The first-order chi connectivity index (χ1) is 21.8. The van der Waals surface area contributed by atoms with Crippen LogP contribution in [0.1, 0.15) is 69.5 Å². The van der Waals surface area contributed by atoms with E-state index in [1.165, 1.54) is 4.90 Å². The molecule has 1 spiro atoms. The second-order valence-electron chi connectivity index (χ2n) is 12.7. The monoisotopic (exact) mass is 643 g/mol. The van der Waals surface area contributed by atoms with Gasteiger partial charge in [0.05, 0.1) is 16.7 Å². The second kappa shape index (κ2) is 12.4. The van der Waals surface area contributed by atoms with Crippen molar-refractivity contribution in [1.29, 1.82) is 0 Å². The Labute approximate surface area is 263 Å². The molecule has 46 heavy (non-hydrogen) atoms. The van der Waals surface area contributed by atoms with E-state index < -0.39 is 41.0 Å². The summed E-state index contributed by atoms with van der Waals surface area (Å²) in [5.41, 5.74) is -2.36. The average Bonchev–Trinajstić information content (AvgIpc) is 3.66. The van der Waals surface area contributed by atoms with E-state index in [2.05, 4.69) is 4.90 Å².